The largest absolute Gasteiger partial charge is 0.419 e. The third-order valence-corrected chi connectivity index (χ3v) is 1.02. The highest BCUT2D eigenvalue weighted by atomic mass is 19.4. The monoisotopic (exact) mass is 167 g/mol. The predicted molar refractivity (Wildman–Crippen MR) is 34.1 cm³/mol. The Morgan fingerprint density at radius 3 is 2.27 bits per heavy atom. The van der Waals surface area contributed by atoms with E-state index >= 15 is 0 Å². The second kappa shape index (κ2) is 3.52. The van der Waals surface area contributed by atoms with Crippen LogP contribution in [0.1, 0.15) is 0 Å². The molecule has 0 aliphatic rings. The van der Waals surface area contributed by atoms with Crippen molar-refractivity contribution in [3.8, 4) is 0 Å². The molecule has 0 atom stereocenters. The molecule has 0 heterocycles. The van der Waals surface area contributed by atoms with Crippen LogP contribution in [-0.4, -0.2) is 25.6 Å². The van der Waals surface area contributed by atoms with Gasteiger partial charge in [0.15, 0.2) is 5.78 Å². The highest BCUT2D eigenvalue weighted by Gasteiger charge is 2.35. The summed E-state index contributed by atoms with van der Waals surface area (Å²) in [6.45, 7) is 2.29. The smallest absolute Gasteiger partial charge is 0.313 e. The zero-order chi connectivity index (χ0) is 9.07. The van der Waals surface area contributed by atoms with Crippen LogP contribution in [0.25, 0.3) is 0 Å². The Balaban J connectivity index is 4.15. The van der Waals surface area contributed by atoms with Crippen molar-refractivity contribution in [3.05, 3.63) is 12.2 Å². The zero-order valence-corrected chi connectivity index (χ0v) is 5.96. The Morgan fingerprint density at radius 2 is 2.00 bits per heavy atom. The Bertz CT molecular complexity index is 173. The van der Waals surface area contributed by atoms with Crippen LogP contribution in [0.15, 0.2) is 12.2 Å². The lowest BCUT2D eigenvalue weighted by Gasteiger charge is -2.07. The van der Waals surface area contributed by atoms with E-state index in [2.05, 4.69) is 11.9 Å². The fourth-order valence-electron chi connectivity index (χ4n) is 0.425. The van der Waals surface area contributed by atoms with Crippen molar-refractivity contribution in [1.82, 2.24) is 5.32 Å². The van der Waals surface area contributed by atoms with Crippen molar-refractivity contribution in [2.75, 3.05) is 13.6 Å². The van der Waals surface area contributed by atoms with Crippen LogP contribution in [0.3, 0.4) is 0 Å². The summed E-state index contributed by atoms with van der Waals surface area (Å²) in [5.41, 5.74) is -1.31. The summed E-state index contributed by atoms with van der Waals surface area (Å²) in [6.07, 6.45) is -4.60. The van der Waals surface area contributed by atoms with E-state index < -0.39 is 17.5 Å². The summed E-state index contributed by atoms with van der Waals surface area (Å²) in [7, 11) is 1.39. The number of Topliss-reactive ketones (excluding diaryl/α,β-unsaturated/α-hetero) is 1. The first-order valence-corrected chi connectivity index (χ1v) is 2.83. The van der Waals surface area contributed by atoms with Crippen molar-refractivity contribution in [2.45, 2.75) is 6.18 Å². The number of hydrogen-bond donors (Lipinski definition) is 1. The number of alkyl halides is 3. The molecule has 0 saturated carbocycles. The summed E-state index contributed by atoms with van der Waals surface area (Å²) in [6, 6.07) is 0. The van der Waals surface area contributed by atoms with E-state index in [1.165, 1.54) is 7.05 Å². The molecule has 0 bridgehead atoms. The number of hydrogen-bond acceptors (Lipinski definition) is 2. The summed E-state index contributed by atoms with van der Waals surface area (Å²) in [4.78, 5) is 10.5. The van der Waals surface area contributed by atoms with Gasteiger partial charge in [0, 0.05) is 0 Å². The molecule has 0 aromatic heterocycles. The van der Waals surface area contributed by atoms with Gasteiger partial charge in [-0.25, -0.2) is 0 Å². The van der Waals surface area contributed by atoms with Gasteiger partial charge >= 0.3 is 6.18 Å². The SMILES string of the molecule is C=C(C(=O)CNC)C(F)(F)F. The summed E-state index contributed by atoms with van der Waals surface area (Å²) >= 11 is 0. The molecule has 0 unspecified atom stereocenters. The van der Waals surface area contributed by atoms with Crippen LogP contribution >= 0.6 is 0 Å². The lowest BCUT2D eigenvalue weighted by molar-refractivity contribution is -0.127. The summed E-state index contributed by atoms with van der Waals surface area (Å²) in [5, 5.41) is 2.31. The van der Waals surface area contributed by atoms with Gasteiger partial charge in [-0.1, -0.05) is 6.58 Å². The molecule has 0 saturated heterocycles. The molecule has 0 aromatic rings. The van der Waals surface area contributed by atoms with Gasteiger partial charge in [0.25, 0.3) is 0 Å². The molecule has 5 heteroatoms. The third kappa shape index (κ3) is 3.18. The molecule has 0 rings (SSSR count). The summed E-state index contributed by atoms with van der Waals surface area (Å²) < 4.78 is 35.0. The second-order valence-corrected chi connectivity index (χ2v) is 1.93. The number of likely N-dealkylation sites (N-methyl/N-ethyl adjacent to an activating group) is 1. The third-order valence-electron chi connectivity index (χ3n) is 1.02. The lowest BCUT2D eigenvalue weighted by Crippen LogP contribution is -2.26. The van der Waals surface area contributed by atoms with Crippen molar-refractivity contribution in [3.63, 3.8) is 0 Å². The van der Waals surface area contributed by atoms with Gasteiger partial charge < -0.3 is 5.32 Å². The number of carbonyl (C=O) groups excluding carboxylic acids is 1. The topological polar surface area (TPSA) is 29.1 Å². The van der Waals surface area contributed by atoms with Crippen LogP contribution in [0.4, 0.5) is 13.2 Å². The minimum absolute atomic E-state index is 0.335. The molecular weight excluding hydrogens is 159 g/mol. The molecule has 11 heavy (non-hydrogen) atoms. The number of carbonyl (C=O) groups is 1. The fraction of sp³-hybridized carbons (Fsp3) is 0.500. The first-order chi connectivity index (χ1) is 4.89. The van der Waals surface area contributed by atoms with E-state index in [0.29, 0.717) is 0 Å². The molecule has 0 radical (unpaired) electrons. The van der Waals surface area contributed by atoms with Crippen molar-refractivity contribution < 1.29 is 18.0 Å². The molecule has 0 spiro atoms. The first kappa shape index (κ1) is 10.2. The van der Waals surface area contributed by atoms with Gasteiger partial charge in [-0.3, -0.25) is 4.79 Å². The van der Waals surface area contributed by atoms with Crippen molar-refractivity contribution >= 4 is 5.78 Å². The Kier molecular flexibility index (Phi) is 3.25. The van der Waals surface area contributed by atoms with Gasteiger partial charge in [-0.05, 0) is 7.05 Å². The van der Waals surface area contributed by atoms with E-state index in [9.17, 15) is 18.0 Å². The second-order valence-electron chi connectivity index (χ2n) is 1.93. The van der Waals surface area contributed by atoms with E-state index in [1.807, 2.05) is 0 Å². The van der Waals surface area contributed by atoms with Crippen molar-refractivity contribution in [1.29, 1.82) is 0 Å². The minimum Gasteiger partial charge on any atom is -0.313 e. The quantitative estimate of drug-likeness (QED) is 0.632. The maximum absolute atomic E-state index is 11.7. The van der Waals surface area contributed by atoms with Gasteiger partial charge in [-0.15, -0.1) is 0 Å². The highest BCUT2D eigenvalue weighted by molar-refractivity contribution is 5.97. The number of rotatable bonds is 3. The molecule has 0 aliphatic heterocycles. The molecule has 0 aromatic carbocycles. The number of nitrogens with one attached hydrogen (secondary N) is 1. The van der Waals surface area contributed by atoms with Crippen LogP contribution in [0, 0.1) is 0 Å². The van der Waals surface area contributed by atoms with Gasteiger partial charge in [0.05, 0.1) is 12.1 Å². The standard InChI is InChI=1S/C6H8F3NO/c1-4(6(7,8)9)5(11)3-10-2/h10H,1,3H2,2H3. The average molecular weight is 167 g/mol. The first-order valence-electron chi connectivity index (χ1n) is 2.83. The van der Waals surface area contributed by atoms with Crippen molar-refractivity contribution in [2.24, 2.45) is 0 Å². The predicted octanol–water partition coefficient (Wildman–Crippen LogP) is 0.893. The number of halogens is 3. The average Bonchev–Trinajstić information content (AvgIpc) is 1.85. The van der Waals surface area contributed by atoms with E-state index in [0.717, 1.165) is 0 Å². The Hall–Kier alpha value is -0.840. The minimum atomic E-state index is -4.60. The number of ketones is 1. The van der Waals surface area contributed by atoms with E-state index in [-0.39, 0.29) is 6.54 Å². The lowest BCUT2D eigenvalue weighted by atomic mass is 10.2. The highest BCUT2D eigenvalue weighted by Crippen LogP contribution is 2.24. The Labute approximate surface area is 62.1 Å². The van der Waals surface area contributed by atoms with Gasteiger partial charge in [-0.2, -0.15) is 13.2 Å². The molecule has 0 amide bonds. The molecule has 0 fully saturated rings. The summed E-state index contributed by atoms with van der Waals surface area (Å²) in [5.74, 6) is -1.03. The molecule has 64 valence electrons. The van der Waals surface area contributed by atoms with Crippen LogP contribution in [0.2, 0.25) is 0 Å². The van der Waals surface area contributed by atoms with Crippen LogP contribution < -0.4 is 5.32 Å². The molecule has 1 N–H and O–H groups in total. The fourth-order valence-corrected chi connectivity index (χ4v) is 0.425. The van der Waals surface area contributed by atoms with Crippen LogP contribution in [-0.2, 0) is 4.79 Å². The normalized spacial score (nSPS) is 11.3. The molecule has 0 aliphatic carbocycles. The molecular formula is C6H8F3NO. The van der Waals surface area contributed by atoms with Gasteiger partial charge in [0.2, 0.25) is 0 Å². The maximum atomic E-state index is 11.7. The molecule has 2 nitrogen and oxygen atoms in total. The van der Waals surface area contributed by atoms with E-state index in [1.54, 1.807) is 0 Å². The maximum Gasteiger partial charge on any atom is 0.419 e. The Morgan fingerprint density at radius 1 is 1.55 bits per heavy atom. The zero-order valence-electron chi connectivity index (χ0n) is 5.96. The van der Waals surface area contributed by atoms with Crippen LogP contribution in [0.5, 0.6) is 0 Å². The van der Waals surface area contributed by atoms with E-state index in [4.69, 9.17) is 0 Å². The van der Waals surface area contributed by atoms with Gasteiger partial charge in [0.1, 0.15) is 0 Å².